The minimum atomic E-state index is -3.79. The van der Waals surface area contributed by atoms with Crippen LogP contribution in [0.2, 0.25) is 0 Å². The van der Waals surface area contributed by atoms with Crippen molar-refractivity contribution in [3.05, 3.63) is 74.7 Å². The maximum absolute atomic E-state index is 13.3. The molecule has 2 aromatic carbocycles. The van der Waals surface area contributed by atoms with Gasteiger partial charge in [-0.25, -0.2) is 21.8 Å². The number of halogens is 2. The molecule has 0 bridgehead atoms. The highest BCUT2D eigenvalue weighted by Crippen LogP contribution is 2.30. The molecule has 0 unspecified atom stereocenters. The summed E-state index contributed by atoms with van der Waals surface area (Å²) >= 11 is 6.62. The van der Waals surface area contributed by atoms with Crippen molar-refractivity contribution in [2.24, 2.45) is 0 Å². The molecule has 2 aliphatic rings. The van der Waals surface area contributed by atoms with Crippen LogP contribution >= 0.6 is 31.9 Å². The van der Waals surface area contributed by atoms with Gasteiger partial charge < -0.3 is 10.6 Å². The van der Waals surface area contributed by atoms with Crippen LogP contribution in [0.25, 0.3) is 0 Å². The number of benzene rings is 2. The number of amides is 2. The number of aromatic nitrogens is 1. The minimum absolute atomic E-state index is 0.0113. The van der Waals surface area contributed by atoms with E-state index in [4.69, 9.17) is 0 Å². The van der Waals surface area contributed by atoms with Crippen LogP contribution in [0.5, 0.6) is 0 Å². The molecule has 0 spiro atoms. The molecule has 2 fully saturated rings. The van der Waals surface area contributed by atoms with Crippen LogP contribution in [0.4, 0.5) is 11.6 Å². The summed E-state index contributed by atoms with van der Waals surface area (Å²) in [4.78, 5) is 30.5. The summed E-state index contributed by atoms with van der Waals surface area (Å²) in [6, 6.07) is 13.4. The first-order chi connectivity index (χ1) is 21.0. The fourth-order valence-electron chi connectivity index (χ4n) is 5.12. The summed E-state index contributed by atoms with van der Waals surface area (Å²) in [5, 5.41) is 5.29. The topological polar surface area (TPSA) is 146 Å². The molecule has 0 aliphatic carbocycles. The van der Waals surface area contributed by atoms with Crippen molar-refractivity contribution < 1.29 is 26.4 Å². The van der Waals surface area contributed by atoms with Crippen LogP contribution in [0, 0.1) is 0 Å². The molecule has 234 valence electrons. The molecular formula is C29H31Br2N5O6S2. The van der Waals surface area contributed by atoms with Crippen molar-refractivity contribution in [2.45, 2.75) is 48.3 Å². The third-order valence-corrected chi connectivity index (χ3v) is 13.3. The maximum atomic E-state index is 13.3. The number of anilines is 2. The first-order valence-electron chi connectivity index (χ1n) is 14.2. The van der Waals surface area contributed by atoms with E-state index in [-0.39, 0.29) is 32.6 Å². The van der Waals surface area contributed by atoms with Crippen molar-refractivity contribution in [2.75, 3.05) is 36.8 Å². The molecular weight excluding hydrogens is 738 g/mol. The Morgan fingerprint density at radius 3 is 1.39 bits per heavy atom. The number of hydrogen-bond acceptors (Lipinski definition) is 7. The van der Waals surface area contributed by atoms with E-state index in [1.165, 1.54) is 57.1 Å². The number of piperidine rings is 2. The van der Waals surface area contributed by atoms with E-state index in [1.807, 2.05) is 0 Å². The van der Waals surface area contributed by atoms with Crippen LogP contribution in [0.15, 0.2) is 73.3 Å². The van der Waals surface area contributed by atoms with Crippen LogP contribution < -0.4 is 10.6 Å². The summed E-state index contributed by atoms with van der Waals surface area (Å²) in [7, 11) is -7.58. The van der Waals surface area contributed by atoms with Gasteiger partial charge in [-0.3, -0.25) is 9.59 Å². The van der Waals surface area contributed by atoms with Gasteiger partial charge in [-0.2, -0.15) is 8.61 Å². The van der Waals surface area contributed by atoms with Gasteiger partial charge in [0.2, 0.25) is 20.0 Å². The zero-order chi connectivity index (χ0) is 31.5. The number of hydrogen-bond donors (Lipinski definition) is 2. The van der Waals surface area contributed by atoms with E-state index in [1.54, 1.807) is 6.07 Å². The predicted molar refractivity (Wildman–Crippen MR) is 174 cm³/mol. The van der Waals surface area contributed by atoms with Crippen molar-refractivity contribution >= 4 is 75.4 Å². The second kappa shape index (κ2) is 13.7. The van der Waals surface area contributed by atoms with E-state index in [9.17, 15) is 26.4 Å². The fraction of sp³-hybridized carbons (Fsp3) is 0.345. The molecule has 1 aromatic heterocycles. The summed E-state index contributed by atoms with van der Waals surface area (Å²) in [5.74, 6) is -0.909. The quantitative estimate of drug-likeness (QED) is 0.310. The largest absolute Gasteiger partial charge is 0.306 e. The van der Waals surface area contributed by atoms with Crippen LogP contribution in [-0.2, 0) is 20.0 Å². The van der Waals surface area contributed by atoms with Gasteiger partial charge in [0.15, 0.2) is 0 Å². The van der Waals surface area contributed by atoms with Crippen LogP contribution in [0.3, 0.4) is 0 Å². The summed E-state index contributed by atoms with van der Waals surface area (Å²) < 4.78 is 56.6. The van der Waals surface area contributed by atoms with Gasteiger partial charge in [0.1, 0.15) is 11.6 Å². The number of rotatable bonds is 8. The second-order valence-corrected chi connectivity index (χ2v) is 16.1. The third kappa shape index (κ3) is 7.23. The molecule has 5 rings (SSSR count). The maximum Gasteiger partial charge on any atom is 0.256 e. The van der Waals surface area contributed by atoms with Gasteiger partial charge in [-0.15, -0.1) is 0 Å². The van der Waals surface area contributed by atoms with Gasteiger partial charge in [-0.05, 0) is 106 Å². The zero-order valence-corrected chi connectivity index (χ0v) is 28.4. The number of sulfonamides is 2. The van der Waals surface area contributed by atoms with E-state index in [0.29, 0.717) is 35.1 Å². The average Bonchev–Trinajstić information content (AvgIpc) is 3.02. The van der Waals surface area contributed by atoms with Gasteiger partial charge in [0.25, 0.3) is 11.8 Å². The summed E-state index contributed by atoms with van der Waals surface area (Å²) in [5.41, 5.74) is 0.245. The number of pyridine rings is 1. The first-order valence-corrected chi connectivity index (χ1v) is 18.6. The monoisotopic (exact) mass is 767 g/mol. The predicted octanol–water partition coefficient (Wildman–Crippen LogP) is 5.46. The Bertz CT molecular complexity index is 1660. The minimum Gasteiger partial charge on any atom is -0.306 e. The third-order valence-electron chi connectivity index (χ3n) is 7.48. The van der Waals surface area contributed by atoms with E-state index in [0.717, 1.165) is 38.5 Å². The lowest BCUT2D eigenvalue weighted by Gasteiger charge is -2.26. The molecule has 3 aromatic rings. The molecule has 0 radical (unpaired) electrons. The number of carbonyl (C=O) groups excluding carboxylic acids is 2. The Morgan fingerprint density at radius 1 is 0.614 bits per heavy atom. The molecule has 0 saturated carbocycles. The SMILES string of the molecule is O=C(Nc1cccc(NC(=O)c2ccc(Br)c(S(=O)(=O)N3CCCCC3)c2)n1)c1ccc(Br)c(S(=O)(=O)N2CCCCC2)c1. The average molecular weight is 770 g/mol. The molecule has 3 heterocycles. The number of carbonyl (C=O) groups is 2. The van der Waals surface area contributed by atoms with Crippen molar-refractivity contribution in [3.63, 3.8) is 0 Å². The molecule has 11 nitrogen and oxygen atoms in total. The highest BCUT2D eigenvalue weighted by molar-refractivity contribution is 9.10. The normalized spacial score (nSPS) is 16.8. The Labute approximate surface area is 273 Å². The Hall–Kier alpha value is -2.69. The van der Waals surface area contributed by atoms with E-state index >= 15 is 0 Å². The highest BCUT2D eigenvalue weighted by atomic mass is 79.9. The standard InChI is InChI=1S/C29H31Br2N5O6S2/c30-22-12-10-20(18-24(22)43(39,40)35-14-3-1-4-15-35)28(37)33-26-8-7-9-27(32-26)34-29(38)21-11-13-23(31)25(19-21)44(41,42)36-16-5-2-6-17-36/h7-13,18-19H,1-6,14-17H2,(H2,32,33,34,37,38). The van der Waals surface area contributed by atoms with Crippen molar-refractivity contribution in [1.29, 1.82) is 0 Å². The van der Waals surface area contributed by atoms with Gasteiger partial charge in [-0.1, -0.05) is 18.9 Å². The van der Waals surface area contributed by atoms with E-state index < -0.39 is 31.9 Å². The lowest BCUT2D eigenvalue weighted by molar-refractivity contribution is 0.101. The lowest BCUT2D eigenvalue weighted by Crippen LogP contribution is -2.35. The highest BCUT2D eigenvalue weighted by Gasteiger charge is 2.30. The molecule has 0 atom stereocenters. The van der Waals surface area contributed by atoms with E-state index in [2.05, 4.69) is 47.5 Å². The van der Waals surface area contributed by atoms with Gasteiger partial charge in [0.05, 0.1) is 9.79 Å². The van der Waals surface area contributed by atoms with Gasteiger partial charge >= 0.3 is 0 Å². The van der Waals surface area contributed by atoms with Gasteiger partial charge in [0, 0.05) is 46.3 Å². The molecule has 44 heavy (non-hydrogen) atoms. The fourth-order valence-corrected chi connectivity index (χ4v) is 10.1. The molecule has 2 amide bonds. The first kappa shape index (κ1) is 32.7. The van der Waals surface area contributed by atoms with Crippen LogP contribution in [-0.4, -0.2) is 68.4 Å². The molecule has 2 aliphatic heterocycles. The molecule has 2 N–H and O–H groups in total. The Morgan fingerprint density at radius 2 is 1.00 bits per heavy atom. The number of nitrogens with one attached hydrogen (secondary N) is 2. The Balaban J connectivity index is 1.30. The summed E-state index contributed by atoms with van der Waals surface area (Å²) in [6.45, 7) is 1.74. The molecule has 2 saturated heterocycles. The lowest BCUT2D eigenvalue weighted by atomic mass is 10.2. The Kier molecular flexibility index (Phi) is 10.2. The number of nitrogens with zero attached hydrogens (tertiary/aromatic N) is 3. The van der Waals surface area contributed by atoms with Crippen molar-refractivity contribution in [3.8, 4) is 0 Å². The second-order valence-electron chi connectivity index (χ2n) is 10.5. The van der Waals surface area contributed by atoms with Crippen LogP contribution in [0.1, 0.15) is 59.2 Å². The smallest absolute Gasteiger partial charge is 0.256 e. The summed E-state index contributed by atoms with van der Waals surface area (Å²) in [6.07, 6.45) is 5.11. The zero-order valence-electron chi connectivity index (χ0n) is 23.6. The van der Waals surface area contributed by atoms with Crippen molar-refractivity contribution in [1.82, 2.24) is 13.6 Å². The molecule has 15 heteroatoms.